The number of ether oxygens (including phenoxy) is 4. The highest BCUT2D eigenvalue weighted by Crippen LogP contribution is 2.45. The van der Waals surface area contributed by atoms with Gasteiger partial charge in [-0.05, 0) is 31.6 Å². The van der Waals surface area contributed by atoms with Crippen molar-refractivity contribution >= 4 is 39.5 Å². The van der Waals surface area contributed by atoms with Gasteiger partial charge in [0.05, 0.1) is 26.4 Å². The number of phosphoric acid groups is 2. The number of phosphoric ester groups is 2. The molecule has 636 valence electrons. The Hall–Kier alpha value is -1.94. The number of esters is 4. The van der Waals surface area contributed by atoms with Crippen LogP contribution in [0.3, 0.4) is 0 Å². The molecule has 0 aliphatic rings. The fraction of sp³-hybridized carbons (Fsp3) is 0.955. The zero-order valence-electron chi connectivity index (χ0n) is 70.3. The van der Waals surface area contributed by atoms with Crippen LogP contribution in [0.2, 0.25) is 0 Å². The third-order valence-electron chi connectivity index (χ3n) is 20.8. The second kappa shape index (κ2) is 80.7. The Labute approximate surface area is 658 Å². The Bertz CT molecular complexity index is 2030. The molecule has 0 radical (unpaired) electrons. The first-order valence-electron chi connectivity index (χ1n) is 45.6. The van der Waals surface area contributed by atoms with Crippen LogP contribution in [0, 0.1) is 5.92 Å². The van der Waals surface area contributed by atoms with Gasteiger partial charge in [0.2, 0.25) is 0 Å². The number of carbonyl (C=O) groups excluding carboxylic acids is 4. The molecule has 2 unspecified atom stereocenters. The molecule has 17 nitrogen and oxygen atoms in total. The van der Waals surface area contributed by atoms with Crippen LogP contribution in [0.15, 0.2) is 0 Å². The Morgan fingerprint density at radius 2 is 0.430 bits per heavy atom. The van der Waals surface area contributed by atoms with Crippen LogP contribution in [0.5, 0.6) is 0 Å². The molecule has 107 heavy (non-hydrogen) atoms. The molecule has 0 saturated carbocycles. The van der Waals surface area contributed by atoms with Crippen molar-refractivity contribution in [3.8, 4) is 0 Å². The monoisotopic (exact) mass is 1560 g/mol. The maximum Gasteiger partial charge on any atom is 0.472 e. The van der Waals surface area contributed by atoms with E-state index in [-0.39, 0.29) is 25.7 Å². The fourth-order valence-corrected chi connectivity index (χ4v) is 15.4. The molecule has 0 spiro atoms. The molecular weight excluding hydrogens is 1390 g/mol. The molecule has 0 fully saturated rings. The summed E-state index contributed by atoms with van der Waals surface area (Å²) in [7, 11) is -9.93. The molecule has 5 atom stereocenters. The van der Waals surface area contributed by atoms with Crippen molar-refractivity contribution in [1.29, 1.82) is 0 Å². The van der Waals surface area contributed by atoms with Crippen LogP contribution >= 0.6 is 15.6 Å². The zero-order valence-corrected chi connectivity index (χ0v) is 72.1. The first-order valence-corrected chi connectivity index (χ1v) is 48.6. The van der Waals surface area contributed by atoms with E-state index in [0.717, 1.165) is 95.8 Å². The molecule has 0 heterocycles. The first-order chi connectivity index (χ1) is 52.0. The third-order valence-corrected chi connectivity index (χ3v) is 22.7. The minimum Gasteiger partial charge on any atom is -0.462 e. The fourth-order valence-electron chi connectivity index (χ4n) is 13.8. The van der Waals surface area contributed by atoms with Gasteiger partial charge in [-0.2, -0.15) is 0 Å². The molecule has 0 aromatic heterocycles. The minimum atomic E-state index is -4.97. The summed E-state index contributed by atoms with van der Waals surface area (Å²) in [5.41, 5.74) is 0. The zero-order chi connectivity index (χ0) is 78.3. The summed E-state index contributed by atoms with van der Waals surface area (Å²) >= 11 is 0. The smallest absolute Gasteiger partial charge is 0.462 e. The van der Waals surface area contributed by atoms with Crippen LogP contribution in [0.1, 0.15) is 478 Å². The maximum absolute atomic E-state index is 13.2. The van der Waals surface area contributed by atoms with Crippen molar-refractivity contribution < 1.29 is 80.2 Å². The summed E-state index contributed by atoms with van der Waals surface area (Å²) in [4.78, 5) is 73.3. The predicted molar refractivity (Wildman–Crippen MR) is 442 cm³/mol. The van der Waals surface area contributed by atoms with Gasteiger partial charge in [-0.3, -0.25) is 37.3 Å². The first kappa shape index (κ1) is 105. The molecule has 0 aromatic carbocycles. The lowest BCUT2D eigenvalue weighted by Gasteiger charge is -2.21. The standard InChI is InChI=1S/C88H172O17P2/c1-6-9-12-15-18-21-24-27-29-31-33-34-36-38-43-48-53-58-63-68-73-87(92)104-84(78-99-86(91)72-67-62-57-52-47-42-37-35-32-30-28-25-22-19-16-13-10-7-2)80-103-107(96,97)101-76-82(89)75-100-106(94,95)102-79-83(77-98-85(90)71-66-61-56-51-46-40-26-23-20-17-14-11-8-3)105-88(93)74-69-64-59-54-49-44-39-41-45-50-55-60-65-70-81(4)5/h81-84,89H,6-80H2,1-5H3,(H,94,95)(H,96,97)/t82-,83+,84+/m0/s1. The van der Waals surface area contributed by atoms with Crippen LogP contribution in [0.4, 0.5) is 0 Å². The molecule has 0 aromatic rings. The lowest BCUT2D eigenvalue weighted by atomic mass is 10.0. The van der Waals surface area contributed by atoms with Gasteiger partial charge < -0.3 is 33.8 Å². The molecule has 0 aliphatic heterocycles. The predicted octanol–water partition coefficient (Wildman–Crippen LogP) is 27.2. The topological polar surface area (TPSA) is 237 Å². The van der Waals surface area contributed by atoms with E-state index in [1.54, 1.807) is 0 Å². The van der Waals surface area contributed by atoms with Crippen LogP contribution in [-0.4, -0.2) is 96.7 Å². The van der Waals surface area contributed by atoms with Gasteiger partial charge >= 0.3 is 39.5 Å². The minimum absolute atomic E-state index is 0.108. The van der Waals surface area contributed by atoms with Crippen molar-refractivity contribution in [3.63, 3.8) is 0 Å². The quantitative estimate of drug-likeness (QED) is 0.0222. The highest BCUT2D eigenvalue weighted by molar-refractivity contribution is 7.47. The summed E-state index contributed by atoms with van der Waals surface area (Å²) in [6.07, 6.45) is 74.9. The third kappa shape index (κ3) is 81.9. The Morgan fingerprint density at radius 1 is 0.252 bits per heavy atom. The summed E-state index contributed by atoms with van der Waals surface area (Å²) < 4.78 is 69.0. The number of rotatable bonds is 88. The molecule has 0 amide bonds. The van der Waals surface area contributed by atoms with E-state index in [2.05, 4.69) is 34.6 Å². The van der Waals surface area contributed by atoms with Gasteiger partial charge in [0.25, 0.3) is 0 Å². The summed E-state index contributed by atoms with van der Waals surface area (Å²) in [6.45, 7) is 7.40. The summed E-state index contributed by atoms with van der Waals surface area (Å²) in [5.74, 6) is -1.31. The van der Waals surface area contributed by atoms with E-state index in [1.807, 2.05) is 0 Å². The Balaban J connectivity index is 5.26. The highest BCUT2D eigenvalue weighted by Gasteiger charge is 2.30. The number of aliphatic hydroxyl groups is 1. The number of hydrogen-bond acceptors (Lipinski definition) is 15. The molecule has 0 saturated heterocycles. The maximum atomic E-state index is 13.2. The molecular formula is C88H172O17P2. The number of aliphatic hydroxyl groups excluding tert-OH is 1. The normalized spacial score (nSPS) is 13.7. The van der Waals surface area contributed by atoms with Gasteiger partial charge in [0, 0.05) is 25.7 Å². The van der Waals surface area contributed by atoms with Crippen LogP contribution < -0.4 is 0 Å². The lowest BCUT2D eigenvalue weighted by Crippen LogP contribution is -2.30. The van der Waals surface area contributed by atoms with Crippen molar-refractivity contribution in [2.45, 2.75) is 496 Å². The lowest BCUT2D eigenvalue weighted by molar-refractivity contribution is -0.161. The van der Waals surface area contributed by atoms with Gasteiger partial charge in [0.15, 0.2) is 12.2 Å². The van der Waals surface area contributed by atoms with Gasteiger partial charge in [-0.15, -0.1) is 0 Å². The average Bonchev–Trinajstić information content (AvgIpc) is 0.899. The highest BCUT2D eigenvalue weighted by atomic mass is 31.2. The molecule has 3 N–H and O–H groups in total. The average molecular weight is 1560 g/mol. The molecule has 0 rings (SSSR count). The van der Waals surface area contributed by atoms with Crippen molar-refractivity contribution in [3.05, 3.63) is 0 Å². The second-order valence-electron chi connectivity index (χ2n) is 32.1. The van der Waals surface area contributed by atoms with Gasteiger partial charge in [0.1, 0.15) is 19.3 Å². The van der Waals surface area contributed by atoms with Crippen LogP contribution in [-0.2, 0) is 65.4 Å². The van der Waals surface area contributed by atoms with E-state index in [9.17, 15) is 43.2 Å². The van der Waals surface area contributed by atoms with E-state index in [0.29, 0.717) is 25.7 Å². The molecule has 0 bridgehead atoms. The number of carbonyl (C=O) groups is 4. The van der Waals surface area contributed by atoms with E-state index >= 15 is 0 Å². The van der Waals surface area contributed by atoms with Crippen molar-refractivity contribution in [1.82, 2.24) is 0 Å². The molecule has 19 heteroatoms. The second-order valence-corrected chi connectivity index (χ2v) is 35.0. The SMILES string of the molecule is CCCCCCCCCCCCCCCCCCCCCCC(=O)O[C@H](COC(=O)CCCCCCCCCCCCCCCCCCCC)COP(=O)(O)OC[C@@H](O)COP(=O)(O)OC[C@@H](COC(=O)CCCCCCCCCCCCCCC)OC(=O)CCCCCCCCCCCCCCCC(C)C. The van der Waals surface area contributed by atoms with E-state index < -0.39 is 97.5 Å². The summed E-state index contributed by atoms with van der Waals surface area (Å²) in [6, 6.07) is 0. The van der Waals surface area contributed by atoms with E-state index in [1.165, 1.54) is 302 Å². The number of unbranched alkanes of at least 4 members (excludes halogenated alkanes) is 60. The number of hydrogen-bond donors (Lipinski definition) is 3. The van der Waals surface area contributed by atoms with Crippen molar-refractivity contribution in [2.24, 2.45) is 5.92 Å². The summed E-state index contributed by atoms with van der Waals surface area (Å²) in [5, 5.41) is 10.7. The van der Waals surface area contributed by atoms with Gasteiger partial charge in [-0.1, -0.05) is 426 Å². The van der Waals surface area contributed by atoms with Crippen LogP contribution in [0.25, 0.3) is 0 Å². The molecule has 0 aliphatic carbocycles. The van der Waals surface area contributed by atoms with Gasteiger partial charge in [-0.25, -0.2) is 9.13 Å². The Kier molecular flexibility index (Phi) is 79.2. The Morgan fingerprint density at radius 3 is 0.636 bits per heavy atom. The largest absolute Gasteiger partial charge is 0.472 e. The van der Waals surface area contributed by atoms with Crippen molar-refractivity contribution in [2.75, 3.05) is 39.6 Å². The van der Waals surface area contributed by atoms with E-state index in [4.69, 9.17) is 37.0 Å².